The second-order valence-electron chi connectivity index (χ2n) is 7.49. The van der Waals surface area contributed by atoms with Gasteiger partial charge < -0.3 is 19.1 Å². The smallest absolute Gasteiger partial charge is 0.262 e. The third-order valence-electron chi connectivity index (χ3n) is 5.61. The molecule has 0 aliphatic heterocycles. The third-order valence-corrected chi connectivity index (χ3v) is 5.90. The highest BCUT2D eigenvalue weighted by Gasteiger charge is 2.23. The SMILES string of the molecule is COc1cccc(-n2cc(C(=O)N(C)c3cc(Cl)c(OC)cc3OC)c3ccccc3c2=O)c1. The van der Waals surface area contributed by atoms with Crippen LogP contribution in [0.4, 0.5) is 5.69 Å². The Morgan fingerprint density at radius 3 is 2.26 bits per heavy atom. The summed E-state index contributed by atoms with van der Waals surface area (Å²) in [6.07, 6.45) is 1.55. The lowest BCUT2D eigenvalue weighted by molar-refractivity contribution is 0.0993. The minimum Gasteiger partial charge on any atom is -0.497 e. The van der Waals surface area contributed by atoms with Crippen LogP contribution in [0.2, 0.25) is 5.02 Å². The number of aromatic nitrogens is 1. The van der Waals surface area contributed by atoms with Gasteiger partial charge in [0.15, 0.2) is 0 Å². The van der Waals surface area contributed by atoms with Crippen molar-refractivity contribution in [3.05, 3.63) is 87.8 Å². The molecule has 1 heterocycles. The van der Waals surface area contributed by atoms with E-state index in [9.17, 15) is 9.59 Å². The molecule has 1 aromatic heterocycles. The van der Waals surface area contributed by atoms with Crippen LogP contribution in [0.15, 0.2) is 71.7 Å². The summed E-state index contributed by atoms with van der Waals surface area (Å²) in [6, 6.07) is 17.3. The highest BCUT2D eigenvalue weighted by Crippen LogP contribution is 2.38. The molecule has 0 fully saturated rings. The van der Waals surface area contributed by atoms with Gasteiger partial charge in [0.1, 0.15) is 17.2 Å². The molecule has 0 bridgehead atoms. The first kappa shape index (κ1) is 23.2. The van der Waals surface area contributed by atoms with Crippen LogP contribution in [-0.2, 0) is 0 Å². The Kier molecular flexibility index (Phi) is 6.47. The van der Waals surface area contributed by atoms with E-state index in [2.05, 4.69) is 0 Å². The van der Waals surface area contributed by atoms with E-state index in [1.165, 1.54) is 23.7 Å². The normalized spacial score (nSPS) is 10.7. The number of nitrogens with zero attached hydrogens (tertiary/aromatic N) is 2. The molecular formula is C26H23ClN2O5. The Morgan fingerprint density at radius 2 is 1.59 bits per heavy atom. The number of hydrogen-bond donors (Lipinski definition) is 0. The van der Waals surface area contributed by atoms with Gasteiger partial charge in [-0.1, -0.05) is 35.9 Å². The van der Waals surface area contributed by atoms with Crippen molar-refractivity contribution in [3.8, 4) is 22.9 Å². The lowest BCUT2D eigenvalue weighted by Gasteiger charge is -2.22. The number of carbonyl (C=O) groups excluding carboxylic acids is 1. The van der Waals surface area contributed by atoms with Crippen LogP contribution < -0.4 is 24.7 Å². The van der Waals surface area contributed by atoms with Crippen molar-refractivity contribution in [3.63, 3.8) is 0 Å². The Morgan fingerprint density at radius 1 is 0.882 bits per heavy atom. The molecule has 1 amide bonds. The van der Waals surface area contributed by atoms with Gasteiger partial charge in [-0.2, -0.15) is 0 Å². The molecule has 0 aliphatic rings. The first-order valence-corrected chi connectivity index (χ1v) is 10.8. The van der Waals surface area contributed by atoms with Crippen molar-refractivity contribution in [1.82, 2.24) is 4.57 Å². The van der Waals surface area contributed by atoms with E-state index in [4.69, 9.17) is 25.8 Å². The van der Waals surface area contributed by atoms with Crippen LogP contribution in [0, 0.1) is 0 Å². The summed E-state index contributed by atoms with van der Waals surface area (Å²) in [5.74, 6) is 1.11. The van der Waals surface area contributed by atoms with Crippen molar-refractivity contribution >= 4 is 34.0 Å². The van der Waals surface area contributed by atoms with Crippen LogP contribution in [-0.4, -0.2) is 38.9 Å². The summed E-state index contributed by atoms with van der Waals surface area (Å²) in [7, 11) is 6.18. The first-order valence-electron chi connectivity index (χ1n) is 10.4. The molecule has 4 rings (SSSR count). The number of anilines is 1. The van der Waals surface area contributed by atoms with Gasteiger partial charge in [-0.15, -0.1) is 0 Å². The van der Waals surface area contributed by atoms with Crippen molar-refractivity contribution in [2.45, 2.75) is 0 Å². The minimum absolute atomic E-state index is 0.242. The predicted octanol–water partition coefficient (Wildman–Crippen LogP) is 4.95. The second-order valence-corrected chi connectivity index (χ2v) is 7.89. The monoisotopic (exact) mass is 478 g/mol. The van der Waals surface area contributed by atoms with Gasteiger partial charge in [-0.05, 0) is 24.3 Å². The minimum atomic E-state index is -0.340. The Labute approximate surface area is 201 Å². The van der Waals surface area contributed by atoms with Gasteiger partial charge in [0.05, 0.1) is 43.3 Å². The van der Waals surface area contributed by atoms with Crippen LogP contribution in [0.1, 0.15) is 10.4 Å². The van der Waals surface area contributed by atoms with Crippen LogP contribution in [0.5, 0.6) is 17.2 Å². The molecule has 34 heavy (non-hydrogen) atoms. The van der Waals surface area contributed by atoms with E-state index < -0.39 is 0 Å². The molecule has 0 unspecified atom stereocenters. The fourth-order valence-electron chi connectivity index (χ4n) is 3.81. The number of fused-ring (bicyclic) bond motifs is 1. The highest BCUT2D eigenvalue weighted by molar-refractivity contribution is 6.32. The van der Waals surface area contributed by atoms with Crippen LogP contribution >= 0.6 is 11.6 Å². The third kappa shape index (κ3) is 4.06. The van der Waals surface area contributed by atoms with Gasteiger partial charge >= 0.3 is 0 Å². The van der Waals surface area contributed by atoms with E-state index >= 15 is 0 Å². The summed E-state index contributed by atoms with van der Waals surface area (Å²) >= 11 is 6.33. The highest BCUT2D eigenvalue weighted by atomic mass is 35.5. The van der Waals surface area contributed by atoms with E-state index in [0.717, 1.165) is 0 Å². The van der Waals surface area contributed by atoms with E-state index in [-0.39, 0.29) is 11.5 Å². The molecule has 0 atom stereocenters. The number of hydrogen-bond acceptors (Lipinski definition) is 5. The number of methoxy groups -OCH3 is 3. The fraction of sp³-hybridized carbons (Fsp3) is 0.154. The maximum atomic E-state index is 13.8. The molecule has 8 heteroatoms. The summed E-state index contributed by atoms with van der Waals surface area (Å²) in [6.45, 7) is 0. The van der Waals surface area contributed by atoms with Crippen LogP contribution in [0.3, 0.4) is 0 Å². The van der Waals surface area contributed by atoms with Gasteiger partial charge in [0.2, 0.25) is 0 Å². The average molecular weight is 479 g/mol. The van der Waals surface area contributed by atoms with Gasteiger partial charge in [-0.25, -0.2) is 0 Å². The first-order chi connectivity index (χ1) is 16.4. The van der Waals surface area contributed by atoms with Crippen LogP contribution in [0.25, 0.3) is 16.5 Å². The molecule has 0 saturated carbocycles. The quantitative estimate of drug-likeness (QED) is 0.392. The van der Waals surface area contributed by atoms with E-state index in [1.807, 2.05) is 0 Å². The van der Waals surface area contributed by atoms with Crippen molar-refractivity contribution in [1.29, 1.82) is 0 Å². The average Bonchev–Trinajstić information content (AvgIpc) is 2.88. The van der Waals surface area contributed by atoms with Crippen molar-refractivity contribution < 1.29 is 19.0 Å². The topological polar surface area (TPSA) is 70.0 Å². The molecule has 0 radical (unpaired) electrons. The maximum absolute atomic E-state index is 13.8. The molecule has 174 valence electrons. The zero-order chi connectivity index (χ0) is 24.4. The largest absolute Gasteiger partial charge is 0.497 e. The second kappa shape index (κ2) is 9.49. The number of benzene rings is 3. The summed E-state index contributed by atoms with van der Waals surface area (Å²) in [5, 5.41) is 1.30. The molecule has 7 nitrogen and oxygen atoms in total. The van der Waals surface area contributed by atoms with Crippen molar-refractivity contribution in [2.24, 2.45) is 0 Å². The Bertz CT molecular complexity index is 1450. The van der Waals surface area contributed by atoms with Gasteiger partial charge in [-0.3, -0.25) is 14.2 Å². The molecule has 0 aliphatic carbocycles. The number of amides is 1. The molecular weight excluding hydrogens is 456 g/mol. The number of ether oxygens (including phenoxy) is 3. The van der Waals surface area contributed by atoms with Gasteiger partial charge in [0.25, 0.3) is 11.5 Å². The van der Waals surface area contributed by atoms with Crippen molar-refractivity contribution in [2.75, 3.05) is 33.3 Å². The molecule has 0 N–H and O–H groups in total. The number of rotatable bonds is 6. The summed E-state index contributed by atoms with van der Waals surface area (Å²) in [5.41, 5.74) is 1.14. The molecule has 0 saturated heterocycles. The lowest BCUT2D eigenvalue weighted by Crippen LogP contribution is -2.29. The molecule has 4 aromatic rings. The van der Waals surface area contributed by atoms with E-state index in [1.54, 1.807) is 81.0 Å². The van der Waals surface area contributed by atoms with E-state index in [0.29, 0.717) is 50.0 Å². The van der Waals surface area contributed by atoms with Gasteiger partial charge in [0, 0.05) is 36.1 Å². The number of halogens is 1. The maximum Gasteiger partial charge on any atom is 0.262 e. The predicted molar refractivity (Wildman–Crippen MR) is 133 cm³/mol. The Balaban J connectivity index is 1.91. The number of pyridine rings is 1. The Hall–Kier alpha value is -3.97. The molecule has 3 aromatic carbocycles. The lowest BCUT2D eigenvalue weighted by atomic mass is 10.1. The number of carbonyl (C=O) groups is 1. The summed E-state index contributed by atoms with van der Waals surface area (Å²) in [4.78, 5) is 28.5. The summed E-state index contributed by atoms with van der Waals surface area (Å²) < 4.78 is 17.5. The zero-order valence-corrected chi connectivity index (χ0v) is 19.9. The standard InChI is InChI=1S/C26H23ClN2O5/c1-28(22-13-21(27)23(33-3)14-24(22)34-4)25(30)20-15-29(16-8-7-9-17(12-16)32-2)26(31)19-11-6-5-10-18(19)20/h5-15H,1-4H3. The molecule has 0 spiro atoms. The zero-order valence-electron chi connectivity index (χ0n) is 19.2. The fourth-order valence-corrected chi connectivity index (χ4v) is 4.05.